The number of aromatic nitrogens is 2. The van der Waals surface area contributed by atoms with Gasteiger partial charge in [-0.1, -0.05) is 55.8 Å². The molecule has 19 heavy (non-hydrogen) atoms. The molecule has 2 heteroatoms. The summed E-state index contributed by atoms with van der Waals surface area (Å²) in [5.41, 5.74) is 4.84. The molecule has 0 aliphatic rings. The monoisotopic (exact) mass is 252 g/mol. The summed E-state index contributed by atoms with van der Waals surface area (Å²) in [4.78, 5) is 4.40. The summed E-state index contributed by atoms with van der Waals surface area (Å²) < 4.78 is 2.18. The van der Waals surface area contributed by atoms with Crippen molar-refractivity contribution < 1.29 is 0 Å². The van der Waals surface area contributed by atoms with Gasteiger partial charge < -0.3 is 4.57 Å². The van der Waals surface area contributed by atoms with Gasteiger partial charge in [-0.15, -0.1) is 0 Å². The van der Waals surface area contributed by atoms with Crippen LogP contribution in [-0.2, 0) is 6.54 Å². The van der Waals surface area contributed by atoms with Crippen LogP contribution in [0.25, 0.3) is 11.0 Å². The van der Waals surface area contributed by atoms with Crippen LogP contribution in [0.5, 0.6) is 0 Å². The van der Waals surface area contributed by atoms with Gasteiger partial charge in [0.2, 0.25) is 0 Å². The Hall–Kier alpha value is -2.09. The molecule has 0 N–H and O–H groups in total. The standard InChI is InChI=1S/C15H14N2.C2H6/c1-12-6-8-13(9-7-12)10-17-11-16-14-4-2-3-5-15(14)17;1-2/h2-9,11H,10H2,1H3;1-2H3. The van der Waals surface area contributed by atoms with E-state index in [-0.39, 0.29) is 0 Å². The second-order valence-corrected chi connectivity index (χ2v) is 4.35. The number of hydrogen-bond donors (Lipinski definition) is 0. The first-order valence-corrected chi connectivity index (χ1v) is 6.78. The van der Waals surface area contributed by atoms with Crippen LogP contribution >= 0.6 is 0 Å². The average molecular weight is 252 g/mol. The van der Waals surface area contributed by atoms with E-state index in [0.29, 0.717) is 0 Å². The Morgan fingerprint density at radius 2 is 1.63 bits per heavy atom. The maximum atomic E-state index is 4.40. The summed E-state index contributed by atoms with van der Waals surface area (Å²) in [6.07, 6.45) is 1.91. The number of hydrogen-bond acceptors (Lipinski definition) is 1. The molecule has 0 aliphatic carbocycles. The van der Waals surface area contributed by atoms with Crippen LogP contribution in [0.3, 0.4) is 0 Å². The van der Waals surface area contributed by atoms with Crippen LogP contribution in [-0.4, -0.2) is 9.55 Å². The Morgan fingerprint density at radius 1 is 0.947 bits per heavy atom. The average Bonchev–Trinajstić information content (AvgIpc) is 2.87. The van der Waals surface area contributed by atoms with Crippen LogP contribution in [0.2, 0.25) is 0 Å². The highest BCUT2D eigenvalue weighted by Crippen LogP contribution is 2.14. The lowest BCUT2D eigenvalue weighted by atomic mass is 10.1. The molecule has 0 unspecified atom stereocenters. The van der Waals surface area contributed by atoms with Crippen molar-refractivity contribution in [2.45, 2.75) is 27.3 Å². The summed E-state index contributed by atoms with van der Waals surface area (Å²) >= 11 is 0. The Labute approximate surface area is 114 Å². The zero-order valence-corrected chi connectivity index (χ0v) is 11.8. The maximum Gasteiger partial charge on any atom is 0.0961 e. The molecule has 2 aromatic carbocycles. The summed E-state index contributed by atoms with van der Waals surface area (Å²) in [6.45, 7) is 6.98. The van der Waals surface area contributed by atoms with E-state index in [0.717, 1.165) is 12.1 Å². The van der Waals surface area contributed by atoms with E-state index in [1.165, 1.54) is 16.6 Å². The molecule has 0 fully saturated rings. The molecule has 2 nitrogen and oxygen atoms in total. The van der Waals surface area contributed by atoms with Gasteiger partial charge in [-0.2, -0.15) is 0 Å². The number of para-hydroxylation sites is 2. The Morgan fingerprint density at radius 3 is 2.37 bits per heavy atom. The summed E-state index contributed by atoms with van der Waals surface area (Å²) in [5.74, 6) is 0. The van der Waals surface area contributed by atoms with Crippen molar-refractivity contribution in [2.24, 2.45) is 0 Å². The summed E-state index contributed by atoms with van der Waals surface area (Å²) in [7, 11) is 0. The third kappa shape index (κ3) is 3.02. The lowest BCUT2D eigenvalue weighted by Gasteiger charge is -2.04. The predicted octanol–water partition coefficient (Wildman–Crippen LogP) is 4.42. The molecule has 0 atom stereocenters. The molecule has 0 bridgehead atoms. The molecule has 0 amide bonds. The second kappa shape index (κ2) is 6.19. The van der Waals surface area contributed by atoms with Crippen LogP contribution in [0.4, 0.5) is 0 Å². The van der Waals surface area contributed by atoms with E-state index >= 15 is 0 Å². The maximum absolute atomic E-state index is 4.40. The van der Waals surface area contributed by atoms with Gasteiger partial charge in [0, 0.05) is 6.54 Å². The topological polar surface area (TPSA) is 17.8 Å². The van der Waals surface area contributed by atoms with Gasteiger partial charge >= 0.3 is 0 Å². The molecule has 0 aliphatic heterocycles. The number of imidazole rings is 1. The fraction of sp³-hybridized carbons (Fsp3) is 0.235. The van der Waals surface area contributed by atoms with E-state index in [4.69, 9.17) is 0 Å². The van der Waals surface area contributed by atoms with Gasteiger partial charge in [-0.25, -0.2) is 4.98 Å². The molecule has 0 spiro atoms. The Kier molecular flexibility index (Phi) is 4.35. The predicted molar refractivity (Wildman–Crippen MR) is 81.4 cm³/mol. The van der Waals surface area contributed by atoms with E-state index < -0.39 is 0 Å². The van der Waals surface area contributed by atoms with Crippen LogP contribution in [0.1, 0.15) is 25.0 Å². The lowest BCUT2D eigenvalue weighted by Crippen LogP contribution is -1.97. The highest BCUT2D eigenvalue weighted by molar-refractivity contribution is 5.75. The third-order valence-electron chi connectivity index (χ3n) is 3.00. The number of fused-ring (bicyclic) bond motifs is 1. The van der Waals surface area contributed by atoms with Gasteiger partial charge in [-0.3, -0.25) is 0 Å². The highest BCUT2D eigenvalue weighted by Gasteiger charge is 2.01. The number of aryl methyl sites for hydroxylation is 1. The smallest absolute Gasteiger partial charge is 0.0961 e. The summed E-state index contributed by atoms with van der Waals surface area (Å²) in [5, 5.41) is 0. The van der Waals surface area contributed by atoms with Crippen molar-refractivity contribution >= 4 is 11.0 Å². The summed E-state index contributed by atoms with van der Waals surface area (Å²) in [6, 6.07) is 16.9. The molecule has 0 saturated heterocycles. The van der Waals surface area contributed by atoms with Crippen molar-refractivity contribution in [3.05, 3.63) is 66.0 Å². The Bertz CT molecular complexity index is 636. The molecule has 0 radical (unpaired) electrons. The van der Waals surface area contributed by atoms with Gasteiger partial charge in [0.05, 0.1) is 17.4 Å². The molecule has 1 heterocycles. The largest absolute Gasteiger partial charge is 0.326 e. The minimum atomic E-state index is 0.876. The van der Waals surface area contributed by atoms with Crippen molar-refractivity contribution in [3.63, 3.8) is 0 Å². The number of benzene rings is 2. The first-order chi connectivity index (χ1) is 9.33. The van der Waals surface area contributed by atoms with Gasteiger partial charge in [-0.05, 0) is 24.6 Å². The van der Waals surface area contributed by atoms with Gasteiger partial charge in [0.15, 0.2) is 0 Å². The van der Waals surface area contributed by atoms with Crippen molar-refractivity contribution in [3.8, 4) is 0 Å². The normalized spacial score (nSPS) is 10.1. The van der Waals surface area contributed by atoms with Crippen LogP contribution in [0, 0.1) is 6.92 Å². The number of rotatable bonds is 2. The van der Waals surface area contributed by atoms with Crippen molar-refractivity contribution in [2.75, 3.05) is 0 Å². The fourth-order valence-corrected chi connectivity index (χ4v) is 2.03. The van der Waals surface area contributed by atoms with Crippen LogP contribution < -0.4 is 0 Å². The van der Waals surface area contributed by atoms with Gasteiger partial charge in [0.1, 0.15) is 0 Å². The zero-order chi connectivity index (χ0) is 13.7. The first-order valence-electron chi connectivity index (χ1n) is 6.78. The molecule has 1 aromatic heterocycles. The molecular weight excluding hydrogens is 232 g/mol. The molecule has 98 valence electrons. The van der Waals surface area contributed by atoms with Gasteiger partial charge in [0.25, 0.3) is 0 Å². The molecular formula is C17H20N2. The SMILES string of the molecule is CC.Cc1ccc(Cn2cnc3ccccc32)cc1. The Balaban J connectivity index is 0.000000637. The minimum Gasteiger partial charge on any atom is -0.326 e. The zero-order valence-electron chi connectivity index (χ0n) is 11.8. The molecule has 0 saturated carbocycles. The molecule has 3 aromatic rings. The second-order valence-electron chi connectivity index (χ2n) is 4.35. The van der Waals surface area contributed by atoms with Crippen LogP contribution in [0.15, 0.2) is 54.9 Å². The lowest BCUT2D eigenvalue weighted by molar-refractivity contribution is 0.824. The van der Waals surface area contributed by atoms with E-state index in [2.05, 4.69) is 52.9 Å². The molecule has 3 rings (SSSR count). The quantitative estimate of drug-likeness (QED) is 0.660. The fourth-order valence-electron chi connectivity index (χ4n) is 2.03. The number of nitrogens with zero attached hydrogens (tertiary/aromatic N) is 2. The van der Waals surface area contributed by atoms with Crippen molar-refractivity contribution in [1.29, 1.82) is 0 Å². The highest BCUT2D eigenvalue weighted by atomic mass is 15.0. The van der Waals surface area contributed by atoms with Crippen molar-refractivity contribution in [1.82, 2.24) is 9.55 Å². The minimum absolute atomic E-state index is 0.876. The van der Waals surface area contributed by atoms with E-state index in [1.807, 2.05) is 32.3 Å². The third-order valence-corrected chi connectivity index (χ3v) is 3.00. The van der Waals surface area contributed by atoms with E-state index in [1.54, 1.807) is 0 Å². The first kappa shape index (κ1) is 13.3. The van der Waals surface area contributed by atoms with E-state index in [9.17, 15) is 0 Å².